The van der Waals surface area contributed by atoms with Crippen LogP contribution in [0.1, 0.15) is 23.9 Å². The van der Waals surface area contributed by atoms with Crippen molar-refractivity contribution in [3.8, 4) is 16.9 Å². The molecule has 0 radical (unpaired) electrons. The number of aromatic nitrogens is 1. The van der Waals surface area contributed by atoms with Crippen molar-refractivity contribution >= 4 is 27.5 Å². The molecule has 0 N–H and O–H groups in total. The first kappa shape index (κ1) is 18.8. The van der Waals surface area contributed by atoms with E-state index in [9.17, 15) is 4.79 Å². The van der Waals surface area contributed by atoms with E-state index in [0.29, 0.717) is 0 Å². The minimum absolute atomic E-state index is 0.0135. The first-order valence-corrected chi connectivity index (χ1v) is 11.0. The number of benzene rings is 3. The molecule has 0 unspecified atom stereocenters. The van der Waals surface area contributed by atoms with Crippen molar-refractivity contribution in [1.29, 1.82) is 0 Å². The molecule has 30 heavy (non-hydrogen) atoms. The van der Waals surface area contributed by atoms with Crippen molar-refractivity contribution in [3.05, 3.63) is 83.9 Å². The molecule has 0 saturated carbocycles. The Kier molecular flexibility index (Phi) is 5.20. The number of likely N-dealkylation sites (tertiary alicyclic amines) is 1. The van der Waals surface area contributed by atoms with E-state index >= 15 is 0 Å². The summed E-state index contributed by atoms with van der Waals surface area (Å²) in [5.74, 6) is 0.743. The number of carbonyl (C=O) groups is 1. The molecule has 4 aromatic rings. The van der Waals surface area contributed by atoms with Gasteiger partial charge in [0.25, 0.3) is 5.91 Å². The molecule has 0 aliphatic carbocycles. The molecule has 3 aromatic carbocycles. The van der Waals surface area contributed by atoms with Gasteiger partial charge in [-0.15, -0.1) is 11.3 Å². The smallest absolute Gasteiger partial charge is 0.261 e. The van der Waals surface area contributed by atoms with E-state index in [4.69, 9.17) is 9.72 Å². The van der Waals surface area contributed by atoms with Crippen molar-refractivity contribution in [1.82, 2.24) is 9.88 Å². The van der Waals surface area contributed by atoms with Crippen LogP contribution < -0.4 is 4.74 Å². The summed E-state index contributed by atoms with van der Waals surface area (Å²) in [6, 6.07) is 26.2. The van der Waals surface area contributed by atoms with Crippen LogP contribution in [0.15, 0.2) is 78.9 Å². The highest BCUT2D eigenvalue weighted by atomic mass is 32.1. The zero-order chi connectivity index (χ0) is 20.3. The van der Waals surface area contributed by atoms with E-state index in [1.54, 1.807) is 11.3 Å². The molecule has 1 fully saturated rings. The van der Waals surface area contributed by atoms with Gasteiger partial charge in [0.2, 0.25) is 0 Å². The van der Waals surface area contributed by atoms with Crippen LogP contribution in [0.25, 0.3) is 21.3 Å². The highest BCUT2D eigenvalue weighted by Gasteiger charge is 2.32. The molecular formula is C25H22N2O2S. The number of fused-ring (bicyclic) bond motifs is 1. The van der Waals surface area contributed by atoms with E-state index in [1.807, 2.05) is 77.7 Å². The molecule has 150 valence electrons. The Morgan fingerprint density at radius 1 is 1.00 bits per heavy atom. The molecule has 1 aromatic heterocycles. The van der Waals surface area contributed by atoms with Crippen molar-refractivity contribution in [2.24, 2.45) is 0 Å². The summed E-state index contributed by atoms with van der Waals surface area (Å²) in [5.41, 5.74) is 3.08. The van der Waals surface area contributed by atoms with Gasteiger partial charge in [0.15, 0.2) is 6.61 Å². The molecule has 1 amide bonds. The van der Waals surface area contributed by atoms with Crippen LogP contribution in [0, 0.1) is 0 Å². The van der Waals surface area contributed by atoms with Gasteiger partial charge in [-0.2, -0.15) is 0 Å². The quantitative estimate of drug-likeness (QED) is 0.420. The summed E-state index contributed by atoms with van der Waals surface area (Å²) in [7, 11) is 0. The lowest BCUT2D eigenvalue weighted by molar-refractivity contribution is -0.134. The highest BCUT2D eigenvalue weighted by Crippen LogP contribution is 2.36. The Morgan fingerprint density at radius 2 is 1.77 bits per heavy atom. The normalized spacial score (nSPS) is 16.1. The second-order valence-corrected chi connectivity index (χ2v) is 8.48. The van der Waals surface area contributed by atoms with Crippen LogP contribution in [0.5, 0.6) is 5.75 Å². The lowest BCUT2D eigenvalue weighted by Gasteiger charge is -2.23. The molecule has 5 heteroatoms. The zero-order valence-electron chi connectivity index (χ0n) is 16.5. The third kappa shape index (κ3) is 3.68. The van der Waals surface area contributed by atoms with Gasteiger partial charge in [0.05, 0.1) is 16.3 Å². The van der Waals surface area contributed by atoms with Gasteiger partial charge in [-0.05, 0) is 36.6 Å². The number of thiazole rings is 1. The third-order valence-corrected chi connectivity index (χ3v) is 6.63. The maximum atomic E-state index is 13.0. The Balaban J connectivity index is 1.32. The van der Waals surface area contributed by atoms with Gasteiger partial charge in [0, 0.05) is 12.1 Å². The maximum absolute atomic E-state index is 13.0. The van der Waals surface area contributed by atoms with Crippen LogP contribution in [0.3, 0.4) is 0 Å². The van der Waals surface area contributed by atoms with Crippen molar-refractivity contribution in [3.63, 3.8) is 0 Å². The number of rotatable bonds is 5. The monoisotopic (exact) mass is 414 g/mol. The fourth-order valence-electron chi connectivity index (χ4n) is 4.03. The fraction of sp³-hybridized carbons (Fsp3) is 0.200. The van der Waals surface area contributed by atoms with E-state index in [-0.39, 0.29) is 18.6 Å². The lowest BCUT2D eigenvalue weighted by atomic mass is 10.1. The summed E-state index contributed by atoms with van der Waals surface area (Å²) in [4.78, 5) is 19.8. The number of para-hydroxylation sites is 2. The standard InChI is InChI=1S/C25H22N2O2S/c28-24(17-29-22-14-6-4-11-19(22)18-9-2-1-3-10-18)27-16-8-13-21(27)25-26-20-12-5-7-15-23(20)30-25/h1-7,9-12,14-15,21H,8,13,16-17H2/t21-/m0/s1. The molecule has 1 aliphatic heterocycles. The molecule has 1 saturated heterocycles. The topological polar surface area (TPSA) is 42.4 Å². The average Bonchev–Trinajstić information content (AvgIpc) is 3.45. The summed E-state index contributed by atoms with van der Waals surface area (Å²) in [6.07, 6.45) is 1.94. The lowest BCUT2D eigenvalue weighted by Crippen LogP contribution is -2.34. The third-order valence-electron chi connectivity index (χ3n) is 5.49. The molecular weight excluding hydrogens is 392 g/mol. The molecule has 2 heterocycles. The van der Waals surface area contributed by atoms with E-state index in [0.717, 1.165) is 46.8 Å². The summed E-state index contributed by atoms with van der Waals surface area (Å²) in [5, 5.41) is 1.02. The highest BCUT2D eigenvalue weighted by molar-refractivity contribution is 7.18. The van der Waals surface area contributed by atoms with Crippen LogP contribution in [0.4, 0.5) is 0 Å². The van der Waals surface area contributed by atoms with Crippen molar-refractivity contribution in [2.75, 3.05) is 13.2 Å². The van der Waals surface area contributed by atoms with E-state index in [2.05, 4.69) is 6.07 Å². The first-order chi connectivity index (χ1) is 14.8. The van der Waals surface area contributed by atoms with E-state index < -0.39 is 0 Å². The van der Waals surface area contributed by atoms with Gasteiger partial charge < -0.3 is 9.64 Å². The predicted octanol–water partition coefficient (Wildman–Crippen LogP) is 5.71. The Hall–Kier alpha value is -3.18. The first-order valence-electron chi connectivity index (χ1n) is 10.2. The molecule has 0 bridgehead atoms. The SMILES string of the molecule is O=C(COc1ccccc1-c1ccccc1)N1CCC[C@H]1c1nc2ccccc2s1. The van der Waals surface area contributed by atoms with E-state index in [1.165, 1.54) is 4.70 Å². The molecule has 5 rings (SSSR count). The summed E-state index contributed by atoms with van der Waals surface area (Å²) < 4.78 is 7.17. The van der Waals surface area contributed by atoms with Crippen molar-refractivity contribution < 1.29 is 9.53 Å². The van der Waals surface area contributed by atoms with Gasteiger partial charge in [-0.25, -0.2) is 4.98 Å². The number of ether oxygens (including phenoxy) is 1. The second kappa shape index (κ2) is 8.28. The number of hydrogen-bond donors (Lipinski definition) is 0. The molecule has 0 spiro atoms. The Labute approximate surface area is 179 Å². The largest absolute Gasteiger partial charge is 0.483 e. The Bertz CT molecular complexity index is 1140. The number of carbonyl (C=O) groups excluding carboxylic acids is 1. The number of amides is 1. The zero-order valence-corrected chi connectivity index (χ0v) is 17.3. The molecule has 4 nitrogen and oxygen atoms in total. The Morgan fingerprint density at radius 3 is 2.63 bits per heavy atom. The number of hydrogen-bond acceptors (Lipinski definition) is 4. The second-order valence-electron chi connectivity index (χ2n) is 7.42. The van der Waals surface area contributed by atoms with Crippen LogP contribution in [-0.2, 0) is 4.79 Å². The number of nitrogens with zero attached hydrogens (tertiary/aromatic N) is 2. The van der Waals surface area contributed by atoms with Gasteiger partial charge in [-0.3, -0.25) is 4.79 Å². The van der Waals surface area contributed by atoms with Gasteiger partial charge >= 0.3 is 0 Å². The van der Waals surface area contributed by atoms with Crippen molar-refractivity contribution in [2.45, 2.75) is 18.9 Å². The molecule has 1 atom stereocenters. The van der Waals surface area contributed by atoms with Crippen LogP contribution in [-0.4, -0.2) is 28.9 Å². The molecule has 1 aliphatic rings. The minimum atomic E-state index is 0.0135. The fourth-order valence-corrected chi connectivity index (χ4v) is 5.14. The maximum Gasteiger partial charge on any atom is 0.261 e. The van der Waals surface area contributed by atoms with Gasteiger partial charge in [0.1, 0.15) is 10.8 Å². The predicted molar refractivity (Wildman–Crippen MR) is 121 cm³/mol. The summed E-state index contributed by atoms with van der Waals surface area (Å²) >= 11 is 1.68. The van der Waals surface area contributed by atoms with Crippen LogP contribution >= 0.6 is 11.3 Å². The summed E-state index contributed by atoms with van der Waals surface area (Å²) in [6.45, 7) is 0.786. The minimum Gasteiger partial charge on any atom is -0.483 e. The average molecular weight is 415 g/mol. The van der Waals surface area contributed by atoms with Gasteiger partial charge in [-0.1, -0.05) is 60.7 Å². The van der Waals surface area contributed by atoms with Crippen LogP contribution in [0.2, 0.25) is 0 Å².